The van der Waals surface area contributed by atoms with E-state index in [2.05, 4.69) is 42.6 Å². The third kappa shape index (κ3) is 1.94. The standard InChI is InChI=1S/C15H19NO/c1-3-15(11-17,16-2)14-10-6-8-12-7-4-5-9-13(12)14/h4-10,16-17H,3,11H2,1-2H3. The average Bonchev–Trinajstić information content (AvgIpc) is 2.41. The number of benzene rings is 2. The molecule has 2 heteroatoms. The molecule has 2 rings (SSSR count). The molecule has 0 saturated carbocycles. The monoisotopic (exact) mass is 229 g/mol. The minimum Gasteiger partial charge on any atom is -0.394 e. The van der Waals surface area contributed by atoms with Gasteiger partial charge < -0.3 is 10.4 Å². The highest BCUT2D eigenvalue weighted by Gasteiger charge is 2.28. The highest BCUT2D eigenvalue weighted by molar-refractivity contribution is 5.86. The number of fused-ring (bicyclic) bond motifs is 1. The molecule has 0 radical (unpaired) electrons. The largest absolute Gasteiger partial charge is 0.394 e. The molecule has 2 aromatic rings. The lowest BCUT2D eigenvalue weighted by Gasteiger charge is -2.32. The molecule has 0 heterocycles. The summed E-state index contributed by atoms with van der Waals surface area (Å²) in [4.78, 5) is 0. The number of nitrogens with one attached hydrogen (secondary N) is 1. The predicted octanol–water partition coefficient (Wildman–Crippen LogP) is 2.66. The zero-order valence-corrected chi connectivity index (χ0v) is 10.4. The van der Waals surface area contributed by atoms with Crippen LogP contribution in [-0.4, -0.2) is 18.8 Å². The van der Waals surface area contributed by atoms with Crippen LogP contribution in [0, 0.1) is 0 Å². The number of likely N-dealkylation sites (N-methyl/N-ethyl adjacent to an activating group) is 1. The van der Waals surface area contributed by atoms with E-state index in [0.29, 0.717) is 0 Å². The van der Waals surface area contributed by atoms with Crippen LogP contribution in [0.4, 0.5) is 0 Å². The zero-order valence-electron chi connectivity index (χ0n) is 10.4. The molecule has 0 aromatic heterocycles. The van der Waals surface area contributed by atoms with Gasteiger partial charge in [0.05, 0.1) is 12.1 Å². The van der Waals surface area contributed by atoms with E-state index in [-0.39, 0.29) is 12.1 Å². The second kappa shape index (κ2) is 4.86. The van der Waals surface area contributed by atoms with Crippen LogP contribution in [0.5, 0.6) is 0 Å². The molecule has 0 fully saturated rings. The molecule has 17 heavy (non-hydrogen) atoms. The lowest BCUT2D eigenvalue weighted by Crippen LogP contribution is -2.43. The third-order valence-electron chi connectivity index (χ3n) is 3.66. The molecule has 0 amide bonds. The molecule has 90 valence electrons. The summed E-state index contributed by atoms with van der Waals surface area (Å²) < 4.78 is 0. The highest BCUT2D eigenvalue weighted by atomic mass is 16.3. The van der Waals surface area contributed by atoms with Crippen molar-refractivity contribution in [2.75, 3.05) is 13.7 Å². The van der Waals surface area contributed by atoms with Gasteiger partial charge in [0.25, 0.3) is 0 Å². The first-order valence-electron chi connectivity index (χ1n) is 6.05. The van der Waals surface area contributed by atoms with Crippen LogP contribution >= 0.6 is 0 Å². The summed E-state index contributed by atoms with van der Waals surface area (Å²) in [5.74, 6) is 0. The van der Waals surface area contributed by atoms with Crippen molar-refractivity contribution in [3.8, 4) is 0 Å². The normalized spacial score (nSPS) is 14.8. The van der Waals surface area contributed by atoms with E-state index in [0.717, 1.165) is 6.42 Å². The van der Waals surface area contributed by atoms with E-state index in [1.54, 1.807) is 0 Å². The van der Waals surface area contributed by atoms with E-state index >= 15 is 0 Å². The molecule has 1 atom stereocenters. The summed E-state index contributed by atoms with van der Waals surface area (Å²) in [6.07, 6.45) is 0.855. The minimum absolute atomic E-state index is 0.105. The fourth-order valence-corrected chi connectivity index (χ4v) is 2.42. The van der Waals surface area contributed by atoms with Crippen molar-refractivity contribution in [1.82, 2.24) is 5.32 Å². The molecule has 2 N–H and O–H groups in total. The first-order valence-corrected chi connectivity index (χ1v) is 6.05. The lowest BCUT2D eigenvalue weighted by molar-refractivity contribution is 0.165. The first kappa shape index (κ1) is 12.1. The molecular formula is C15H19NO. The highest BCUT2D eigenvalue weighted by Crippen LogP contribution is 2.30. The van der Waals surface area contributed by atoms with Gasteiger partial charge in [0.15, 0.2) is 0 Å². The van der Waals surface area contributed by atoms with E-state index in [1.165, 1.54) is 16.3 Å². The third-order valence-corrected chi connectivity index (χ3v) is 3.66. The molecule has 0 spiro atoms. The zero-order chi connectivity index (χ0) is 12.3. The van der Waals surface area contributed by atoms with Crippen LogP contribution in [0.2, 0.25) is 0 Å². The summed E-state index contributed by atoms with van der Waals surface area (Å²) in [6, 6.07) is 14.5. The van der Waals surface area contributed by atoms with Gasteiger partial charge in [-0.15, -0.1) is 0 Å². The Labute approximate surface area is 102 Å². The van der Waals surface area contributed by atoms with E-state index < -0.39 is 0 Å². The van der Waals surface area contributed by atoms with Gasteiger partial charge in [-0.05, 0) is 29.8 Å². The Bertz CT molecular complexity index is 489. The van der Waals surface area contributed by atoms with Crippen LogP contribution in [0.25, 0.3) is 10.8 Å². The van der Waals surface area contributed by atoms with Gasteiger partial charge in [0, 0.05) is 0 Å². The Hall–Kier alpha value is -1.38. The molecule has 2 aromatic carbocycles. The SMILES string of the molecule is CCC(CO)(NC)c1cccc2ccccc12. The quantitative estimate of drug-likeness (QED) is 0.844. The van der Waals surface area contributed by atoms with Gasteiger partial charge in [0.2, 0.25) is 0 Å². The molecule has 0 bridgehead atoms. The van der Waals surface area contributed by atoms with Gasteiger partial charge in [-0.1, -0.05) is 49.4 Å². The molecule has 0 aliphatic rings. The van der Waals surface area contributed by atoms with Gasteiger partial charge in [0.1, 0.15) is 0 Å². The Morgan fingerprint density at radius 1 is 1.12 bits per heavy atom. The number of hydrogen-bond acceptors (Lipinski definition) is 2. The van der Waals surface area contributed by atoms with E-state index in [4.69, 9.17) is 0 Å². The topological polar surface area (TPSA) is 32.3 Å². The van der Waals surface area contributed by atoms with Crippen molar-refractivity contribution in [2.45, 2.75) is 18.9 Å². The van der Waals surface area contributed by atoms with Crippen LogP contribution in [0.1, 0.15) is 18.9 Å². The number of rotatable bonds is 4. The van der Waals surface area contributed by atoms with Crippen molar-refractivity contribution < 1.29 is 5.11 Å². The Balaban J connectivity index is 2.69. The fourth-order valence-electron chi connectivity index (χ4n) is 2.42. The number of aliphatic hydroxyl groups is 1. The van der Waals surface area contributed by atoms with Crippen LogP contribution in [0.3, 0.4) is 0 Å². The van der Waals surface area contributed by atoms with Crippen molar-refractivity contribution in [2.24, 2.45) is 0 Å². The molecule has 2 nitrogen and oxygen atoms in total. The summed E-state index contributed by atoms with van der Waals surface area (Å²) in [5.41, 5.74) is 0.823. The summed E-state index contributed by atoms with van der Waals surface area (Å²) in [5, 5.41) is 15.4. The predicted molar refractivity (Wildman–Crippen MR) is 72.1 cm³/mol. The Kier molecular flexibility index (Phi) is 3.46. The summed E-state index contributed by atoms with van der Waals surface area (Å²) in [7, 11) is 1.90. The van der Waals surface area contributed by atoms with Gasteiger partial charge in [-0.2, -0.15) is 0 Å². The molecule has 0 aliphatic heterocycles. The van der Waals surface area contributed by atoms with Gasteiger partial charge >= 0.3 is 0 Å². The molecular weight excluding hydrogens is 210 g/mol. The average molecular weight is 229 g/mol. The first-order chi connectivity index (χ1) is 8.27. The van der Waals surface area contributed by atoms with Crippen LogP contribution < -0.4 is 5.32 Å². The Morgan fingerprint density at radius 2 is 1.82 bits per heavy atom. The second-order valence-corrected chi connectivity index (χ2v) is 4.37. The maximum atomic E-state index is 9.73. The smallest absolute Gasteiger partial charge is 0.0670 e. The van der Waals surface area contributed by atoms with Gasteiger partial charge in [-0.3, -0.25) is 0 Å². The van der Waals surface area contributed by atoms with Crippen LogP contribution in [0.15, 0.2) is 42.5 Å². The molecule has 1 unspecified atom stereocenters. The van der Waals surface area contributed by atoms with Crippen LogP contribution in [-0.2, 0) is 5.54 Å². The maximum absolute atomic E-state index is 9.73. The maximum Gasteiger partial charge on any atom is 0.0670 e. The van der Waals surface area contributed by atoms with Crippen molar-refractivity contribution in [1.29, 1.82) is 0 Å². The number of hydrogen-bond donors (Lipinski definition) is 2. The van der Waals surface area contributed by atoms with Crippen molar-refractivity contribution in [3.63, 3.8) is 0 Å². The fraction of sp³-hybridized carbons (Fsp3) is 0.333. The van der Waals surface area contributed by atoms with Crippen molar-refractivity contribution in [3.05, 3.63) is 48.0 Å². The molecule has 0 aliphatic carbocycles. The summed E-state index contributed by atoms with van der Waals surface area (Å²) >= 11 is 0. The van der Waals surface area contributed by atoms with Crippen molar-refractivity contribution >= 4 is 10.8 Å². The minimum atomic E-state index is -0.346. The Morgan fingerprint density at radius 3 is 2.47 bits per heavy atom. The second-order valence-electron chi connectivity index (χ2n) is 4.37. The van der Waals surface area contributed by atoms with E-state index in [9.17, 15) is 5.11 Å². The lowest BCUT2D eigenvalue weighted by atomic mass is 9.85. The van der Waals surface area contributed by atoms with Gasteiger partial charge in [-0.25, -0.2) is 0 Å². The van der Waals surface area contributed by atoms with E-state index in [1.807, 2.05) is 19.2 Å². The number of aliphatic hydroxyl groups excluding tert-OH is 1. The molecule has 0 saturated heterocycles. The summed E-state index contributed by atoms with van der Waals surface area (Å²) in [6.45, 7) is 2.20.